The Balaban J connectivity index is 2.34. The van der Waals surface area contributed by atoms with Gasteiger partial charge < -0.3 is 15.1 Å². The molecule has 2 rings (SSSR count). The molecule has 6 atom stereocenters. The molecule has 4 nitrogen and oxygen atoms in total. The van der Waals surface area contributed by atoms with Gasteiger partial charge >= 0.3 is 0 Å². The minimum Gasteiger partial charge on any atom is -0.392 e. The van der Waals surface area contributed by atoms with Crippen LogP contribution < -0.4 is 0 Å². The van der Waals surface area contributed by atoms with Crippen LogP contribution in [0.2, 0.25) is 0 Å². The van der Waals surface area contributed by atoms with Gasteiger partial charge in [-0.05, 0) is 20.8 Å². The summed E-state index contributed by atoms with van der Waals surface area (Å²) in [5.41, 5.74) is -0.703. The fraction of sp³-hybridized carbons (Fsp3) is 0.909. The van der Waals surface area contributed by atoms with E-state index >= 15 is 0 Å². The Morgan fingerprint density at radius 3 is 2.47 bits per heavy atom. The molecule has 2 heterocycles. The molecule has 1 amide bonds. The first-order chi connectivity index (χ1) is 6.83. The monoisotopic (exact) mass is 213 g/mol. The van der Waals surface area contributed by atoms with E-state index in [9.17, 15) is 15.0 Å². The number of aliphatic hydroxyl groups excluding tert-OH is 2. The number of fused-ring (bicyclic) bond motifs is 1. The quantitative estimate of drug-likeness (QED) is 0.602. The number of rotatable bonds is 1. The zero-order valence-electron chi connectivity index (χ0n) is 9.64. The lowest BCUT2D eigenvalue weighted by molar-refractivity contribution is -0.184. The zero-order chi connectivity index (χ0) is 11.5. The highest BCUT2D eigenvalue weighted by Crippen LogP contribution is 2.52. The van der Waals surface area contributed by atoms with Crippen molar-refractivity contribution in [3.63, 3.8) is 0 Å². The molecule has 0 radical (unpaired) electrons. The number of hydrogen-bond donors (Lipinski definition) is 2. The fourth-order valence-electron chi connectivity index (χ4n) is 3.21. The van der Waals surface area contributed by atoms with Gasteiger partial charge in [-0.2, -0.15) is 0 Å². The van der Waals surface area contributed by atoms with Gasteiger partial charge in [0, 0.05) is 5.92 Å². The maximum absolute atomic E-state index is 12.0. The van der Waals surface area contributed by atoms with Crippen LogP contribution in [-0.4, -0.2) is 45.3 Å². The van der Waals surface area contributed by atoms with E-state index in [1.807, 2.05) is 13.8 Å². The maximum Gasteiger partial charge on any atom is 0.233 e. The van der Waals surface area contributed by atoms with Gasteiger partial charge in [-0.15, -0.1) is 0 Å². The van der Waals surface area contributed by atoms with Crippen molar-refractivity contribution in [1.29, 1.82) is 0 Å². The molecule has 2 fully saturated rings. The molecule has 15 heavy (non-hydrogen) atoms. The molecule has 2 N–H and O–H groups in total. The molecule has 0 saturated carbocycles. The molecular formula is C11H19NO3. The second kappa shape index (κ2) is 2.95. The first-order valence-electron chi connectivity index (χ1n) is 5.52. The molecule has 2 aliphatic heterocycles. The van der Waals surface area contributed by atoms with Crippen molar-refractivity contribution >= 4 is 5.91 Å². The minimum absolute atomic E-state index is 0.0185. The van der Waals surface area contributed by atoms with Crippen LogP contribution in [0.15, 0.2) is 0 Å². The lowest BCUT2D eigenvalue weighted by Gasteiger charge is -2.55. The Bertz CT molecular complexity index is 304. The Morgan fingerprint density at radius 2 is 2.00 bits per heavy atom. The lowest BCUT2D eigenvalue weighted by Crippen LogP contribution is -2.71. The number of nitrogens with zero attached hydrogens (tertiary/aromatic N) is 1. The molecular weight excluding hydrogens is 194 g/mol. The molecule has 4 heteroatoms. The van der Waals surface area contributed by atoms with Crippen molar-refractivity contribution in [3.8, 4) is 0 Å². The molecule has 0 spiro atoms. The molecule has 0 aromatic heterocycles. The van der Waals surface area contributed by atoms with E-state index in [1.165, 1.54) is 0 Å². The Kier molecular flexibility index (Phi) is 2.14. The number of carbonyl (C=O) groups is 1. The molecule has 2 saturated heterocycles. The van der Waals surface area contributed by atoms with Crippen molar-refractivity contribution in [2.24, 2.45) is 11.3 Å². The topological polar surface area (TPSA) is 60.8 Å². The second-order valence-electron chi connectivity index (χ2n) is 5.21. The smallest absolute Gasteiger partial charge is 0.233 e. The number of β-lactam (4-membered cyclic amide) rings is 1. The van der Waals surface area contributed by atoms with E-state index in [2.05, 4.69) is 0 Å². The van der Waals surface area contributed by atoms with Crippen LogP contribution in [0.1, 0.15) is 27.7 Å². The summed E-state index contributed by atoms with van der Waals surface area (Å²) in [6, 6.07) is -0.140. The Labute approximate surface area is 89.9 Å². The Morgan fingerprint density at radius 1 is 1.47 bits per heavy atom. The summed E-state index contributed by atoms with van der Waals surface area (Å²) >= 11 is 0. The Hall–Kier alpha value is -0.610. The highest BCUT2D eigenvalue weighted by atomic mass is 16.3. The first kappa shape index (κ1) is 10.9. The van der Waals surface area contributed by atoms with E-state index in [0.29, 0.717) is 0 Å². The first-order valence-corrected chi connectivity index (χ1v) is 5.52. The highest BCUT2D eigenvalue weighted by Gasteiger charge is 2.68. The van der Waals surface area contributed by atoms with Crippen molar-refractivity contribution in [1.82, 2.24) is 4.90 Å². The number of aliphatic hydroxyl groups is 2. The minimum atomic E-state index is -0.703. The van der Waals surface area contributed by atoms with Crippen molar-refractivity contribution in [2.75, 3.05) is 0 Å². The SMILES string of the molecule is CC1C(O)[C@H](C)[C@H]2N1C(=O)[C@]2(C)[C@@H](C)O. The molecule has 0 aromatic carbocycles. The fourth-order valence-corrected chi connectivity index (χ4v) is 3.21. The van der Waals surface area contributed by atoms with Gasteiger partial charge in [0.15, 0.2) is 0 Å². The summed E-state index contributed by atoms with van der Waals surface area (Å²) in [6.07, 6.45) is -1.13. The van der Waals surface area contributed by atoms with Gasteiger partial charge in [0.25, 0.3) is 0 Å². The molecule has 2 aliphatic rings. The van der Waals surface area contributed by atoms with Gasteiger partial charge in [0.2, 0.25) is 5.91 Å². The predicted molar refractivity (Wildman–Crippen MR) is 55.1 cm³/mol. The average molecular weight is 213 g/mol. The molecule has 0 bridgehead atoms. The number of amides is 1. The van der Waals surface area contributed by atoms with Gasteiger partial charge in [-0.1, -0.05) is 6.92 Å². The van der Waals surface area contributed by atoms with Crippen LogP contribution in [-0.2, 0) is 4.79 Å². The van der Waals surface area contributed by atoms with Gasteiger partial charge in [-0.3, -0.25) is 4.79 Å². The van der Waals surface area contributed by atoms with Crippen LogP contribution in [0.25, 0.3) is 0 Å². The zero-order valence-corrected chi connectivity index (χ0v) is 9.64. The lowest BCUT2D eigenvalue weighted by atomic mass is 9.66. The van der Waals surface area contributed by atoms with E-state index < -0.39 is 17.6 Å². The number of carbonyl (C=O) groups excluding carboxylic acids is 1. The van der Waals surface area contributed by atoms with E-state index in [4.69, 9.17) is 0 Å². The molecule has 0 aromatic rings. The van der Waals surface area contributed by atoms with Crippen LogP contribution in [0.3, 0.4) is 0 Å². The summed E-state index contributed by atoms with van der Waals surface area (Å²) in [5, 5.41) is 19.6. The maximum atomic E-state index is 12.0. The number of hydrogen-bond acceptors (Lipinski definition) is 3. The normalized spacial score (nSPS) is 51.3. The summed E-state index contributed by atoms with van der Waals surface area (Å²) in [5.74, 6) is 0.00991. The third-order valence-electron chi connectivity index (χ3n) is 4.45. The van der Waals surface area contributed by atoms with Crippen LogP contribution in [0.4, 0.5) is 0 Å². The van der Waals surface area contributed by atoms with E-state index in [1.54, 1.807) is 18.7 Å². The summed E-state index contributed by atoms with van der Waals surface area (Å²) in [6.45, 7) is 7.25. The summed E-state index contributed by atoms with van der Waals surface area (Å²) < 4.78 is 0. The highest BCUT2D eigenvalue weighted by molar-refractivity contribution is 5.91. The predicted octanol–water partition coefficient (Wildman–Crippen LogP) is -0.0166. The molecule has 2 unspecified atom stereocenters. The second-order valence-corrected chi connectivity index (χ2v) is 5.21. The standard InChI is InChI=1S/C11H19NO3/c1-5-8(14)6(2)12-9(5)11(4,7(3)13)10(12)15/h5-9,13-14H,1-4H3/t5-,6?,7+,8?,9+,11+/m0/s1. The van der Waals surface area contributed by atoms with Crippen LogP contribution >= 0.6 is 0 Å². The van der Waals surface area contributed by atoms with Gasteiger partial charge in [0.05, 0.1) is 29.7 Å². The van der Waals surface area contributed by atoms with Gasteiger partial charge in [0.1, 0.15) is 0 Å². The molecule has 86 valence electrons. The molecule has 0 aliphatic carbocycles. The summed E-state index contributed by atoms with van der Waals surface area (Å²) in [4.78, 5) is 13.7. The van der Waals surface area contributed by atoms with Crippen molar-refractivity contribution in [3.05, 3.63) is 0 Å². The van der Waals surface area contributed by atoms with E-state index in [0.717, 1.165) is 0 Å². The average Bonchev–Trinajstić information content (AvgIpc) is 2.39. The largest absolute Gasteiger partial charge is 0.392 e. The third-order valence-corrected chi connectivity index (χ3v) is 4.45. The van der Waals surface area contributed by atoms with Gasteiger partial charge in [-0.25, -0.2) is 0 Å². The van der Waals surface area contributed by atoms with Crippen LogP contribution in [0.5, 0.6) is 0 Å². The summed E-state index contributed by atoms with van der Waals surface area (Å²) in [7, 11) is 0. The third kappa shape index (κ3) is 1.01. The van der Waals surface area contributed by atoms with Crippen molar-refractivity contribution < 1.29 is 15.0 Å². The van der Waals surface area contributed by atoms with E-state index in [-0.39, 0.29) is 23.9 Å². The van der Waals surface area contributed by atoms with Crippen LogP contribution in [0, 0.1) is 11.3 Å². The van der Waals surface area contributed by atoms with Crippen molar-refractivity contribution in [2.45, 2.75) is 52.0 Å².